The first-order valence-electron chi connectivity index (χ1n) is 4.11. The quantitative estimate of drug-likeness (QED) is 0.302. The number of aliphatic hydroxyl groups is 1. The topological polar surface area (TPSA) is 80.4 Å². The first-order chi connectivity index (χ1) is 7.02. The van der Waals surface area contributed by atoms with Gasteiger partial charge in [-0.1, -0.05) is 34.7 Å². The molecule has 1 aromatic rings. The van der Waals surface area contributed by atoms with E-state index in [0.717, 1.165) is 0 Å². The minimum Gasteiger partial charge on any atom is -0.382 e. The largest absolute Gasteiger partial charge is 0.382 e. The molecule has 1 N–H and O–H groups in total. The lowest BCUT2D eigenvalue weighted by Gasteiger charge is -2.02. The van der Waals surface area contributed by atoms with Crippen LogP contribution in [0, 0.1) is 10.1 Å². The monoisotopic (exact) mass is 321 g/mol. The summed E-state index contributed by atoms with van der Waals surface area (Å²) in [6, 6.07) is 5.71. The van der Waals surface area contributed by atoms with Gasteiger partial charge in [0.25, 0.3) is 5.69 Å². The molecular formula is C9H8INO4. The molecule has 0 radical (unpaired) electrons. The summed E-state index contributed by atoms with van der Waals surface area (Å²) in [7, 11) is 0. The van der Waals surface area contributed by atoms with Crippen molar-refractivity contribution in [1.82, 2.24) is 0 Å². The number of Topliss-reactive ketones (excluding diaryl/α,β-unsaturated/α-hetero) is 1. The van der Waals surface area contributed by atoms with Crippen molar-refractivity contribution in [3.8, 4) is 0 Å². The number of para-hydroxylation sites is 1. The highest BCUT2D eigenvalue weighted by Gasteiger charge is 2.20. The van der Waals surface area contributed by atoms with Gasteiger partial charge in [-0.3, -0.25) is 14.9 Å². The number of ketones is 1. The Balaban J connectivity index is 3.03. The lowest BCUT2D eigenvalue weighted by Crippen LogP contribution is -2.09. The molecule has 6 heteroatoms. The number of nitro benzene ring substituents is 1. The van der Waals surface area contributed by atoms with Crippen molar-refractivity contribution in [3.05, 3.63) is 39.9 Å². The fourth-order valence-corrected chi connectivity index (χ4v) is 1.53. The summed E-state index contributed by atoms with van der Waals surface area (Å²) >= 11 is 1.68. The van der Waals surface area contributed by atoms with Crippen molar-refractivity contribution in [2.24, 2.45) is 0 Å². The number of hydrogen-bond acceptors (Lipinski definition) is 4. The highest BCUT2D eigenvalue weighted by Crippen LogP contribution is 2.20. The van der Waals surface area contributed by atoms with Crippen molar-refractivity contribution in [1.29, 1.82) is 0 Å². The van der Waals surface area contributed by atoms with E-state index < -0.39 is 14.8 Å². The Kier molecular flexibility index (Phi) is 4.15. The molecule has 1 aromatic carbocycles. The highest BCUT2D eigenvalue weighted by atomic mass is 127. The average Bonchev–Trinajstić information content (AvgIpc) is 2.16. The van der Waals surface area contributed by atoms with E-state index in [9.17, 15) is 14.9 Å². The van der Waals surface area contributed by atoms with E-state index in [-0.39, 0.29) is 17.7 Å². The number of hydrogen-bond donors (Lipinski definition) is 1. The van der Waals surface area contributed by atoms with Crippen LogP contribution in [0.5, 0.6) is 0 Å². The van der Waals surface area contributed by atoms with Crippen molar-refractivity contribution in [2.45, 2.75) is 10.5 Å². The molecule has 0 spiro atoms. The third-order valence-electron chi connectivity index (χ3n) is 1.75. The number of aliphatic hydroxyl groups excluding tert-OH is 1. The number of carbonyl (C=O) groups is 1. The molecule has 1 rings (SSSR count). The molecule has 0 aliphatic carbocycles. The summed E-state index contributed by atoms with van der Waals surface area (Å²) in [4.78, 5) is 21.5. The highest BCUT2D eigenvalue weighted by molar-refractivity contribution is 14.1. The van der Waals surface area contributed by atoms with Crippen molar-refractivity contribution in [2.75, 3.05) is 0 Å². The summed E-state index contributed by atoms with van der Waals surface area (Å²) in [5.41, 5.74) is -0.183. The second-order valence-electron chi connectivity index (χ2n) is 2.84. The Bertz CT molecular complexity index is 391. The number of carbonyl (C=O) groups excluding carboxylic acids is 1. The molecule has 0 saturated heterocycles. The minimum absolute atomic E-state index is 0.0400. The van der Waals surface area contributed by atoms with Crippen LogP contribution in [0.1, 0.15) is 16.8 Å². The number of nitro groups is 1. The zero-order valence-electron chi connectivity index (χ0n) is 7.59. The van der Waals surface area contributed by atoms with Crippen LogP contribution in [0.15, 0.2) is 24.3 Å². The maximum atomic E-state index is 11.5. The van der Waals surface area contributed by atoms with Gasteiger partial charge in [0.2, 0.25) is 0 Å². The molecule has 5 nitrogen and oxygen atoms in total. The Morgan fingerprint density at radius 3 is 2.67 bits per heavy atom. The molecule has 80 valence electrons. The molecule has 0 aliphatic rings. The third-order valence-corrected chi connectivity index (χ3v) is 2.20. The van der Waals surface area contributed by atoms with Crippen LogP contribution < -0.4 is 0 Å². The van der Waals surface area contributed by atoms with Gasteiger partial charge in [0, 0.05) is 12.5 Å². The standard InChI is InChI=1S/C9H8INO4/c10-9(13)5-8(12)6-3-1-2-4-7(6)11(14)15/h1-4,9,13H,5H2. The first kappa shape index (κ1) is 12.1. The van der Waals surface area contributed by atoms with Gasteiger partial charge in [0.15, 0.2) is 5.78 Å². The first-order valence-corrected chi connectivity index (χ1v) is 5.35. The lowest BCUT2D eigenvalue weighted by atomic mass is 10.1. The van der Waals surface area contributed by atoms with Gasteiger partial charge in [-0.05, 0) is 6.07 Å². The van der Waals surface area contributed by atoms with Crippen LogP contribution in [0.25, 0.3) is 0 Å². The molecule has 0 aliphatic heterocycles. The van der Waals surface area contributed by atoms with Gasteiger partial charge in [-0.2, -0.15) is 0 Å². The summed E-state index contributed by atoms with van der Waals surface area (Å²) in [5, 5.41) is 19.6. The van der Waals surface area contributed by atoms with E-state index in [4.69, 9.17) is 5.11 Å². The third kappa shape index (κ3) is 3.24. The maximum Gasteiger partial charge on any atom is 0.280 e. The Labute approximate surface area is 99.4 Å². The number of nitrogens with zero attached hydrogens (tertiary/aromatic N) is 1. The Morgan fingerprint density at radius 2 is 2.13 bits per heavy atom. The molecule has 0 fully saturated rings. The minimum atomic E-state index is -0.824. The predicted molar refractivity (Wildman–Crippen MR) is 62.1 cm³/mol. The van der Waals surface area contributed by atoms with Gasteiger partial charge >= 0.3 is 0 Å². The molecule has 0 bridgehead atoms. The molecule has 0 aromatic heterocycles. The zero-order chi connectivity index (χ0) is 11.4. The van der Waals surface area contributed by atoms with Crippen LogP contribution in [-0.4, -0.2) is 19.9 Å². The summed E-state index contributed by atoms with van der Waals surface area (Å²) in [6.45, 7) is 0. The number of rotatable bonds is 4. The fourth-order valence-electron chi connectivity index (χ4n) is 1.13. The summed E-state index contributed by atoms with van der Waals surface area (Å²) < 4.78 is -0.824. The van der Waals surface area contributed by atoms with Crippen LogP contribution in [-0.2, 0) is 0 Å². The predicted octanol–water partition coefficient (Wildman–Crippen LogP) is 1.92. The van der Waals surface area contributed by atoms with Crippen LogP contribution in [0.2, 0.25) is 0 Å². The van der Waals surface area contributed by atoms with E-state index in [0.29, 0.717) is 0 Å². The van der Waals surface area contributed by atoms with Crippen molar-refractivity contribution >= 4 is 34.1 Å². The number of benzene rings is 1. The molecule has 15 heavy (non-hydrogen) atoms. The average molecular weight is 321 g/mol. The van der Waals surface area contributed by atoms with E-state index in [1.165, 1.54) is 18.2 Å². The number of halogens is 1. The van der Waals surface area contributed by atoms with Gasteiger partial charge < -0.3 is 5.11 Å². The van der Waals surface area contributed by atoms with Gasteiger partial charge in [-0.15, -0.1) is 0 Å². The molecular weight excluding hydrogens is 313 g/mol. The molecule has 0 amide bonds. The fraction of sp³-hybridized carbons (Fsp3) is 0.222. The summed E-state index contributed by atoms with van der Waals surface area (Å²) in [5.74, 6) is -0.427. The second kappa shape index (κ2) is 5.17. The molecule has 1 atom stereocenters. The zero-order valence-corrected chi connectivity index (χ0v) is 9.75. The maximum absolute atomic E-state index is 11.5. The van der Waals surface area contributed by atoms with Crippen LogP contribution >= 0.6 is 22.6 Å². The number of alkyl halides is 1. The Morgan fingerprint density at radius 1 is 1.53 bits per heavy atom. The SMILES string of the molecule is O=C(CC(O)I)c1ccccc1[N+](=O)[O-]. The van der Waals surface area contributed by atoms with Crippen LogP contribution in [0.4, 0.5) is 5.69 Å². The van der Waals surface area contributed by atoms with Crippen molar-refractivity contribution in [3.63, 3.8) is 0 Å². The normalized spacial score (nSPS) is 12.1. The second-order valence-corrected chi connectivity index (χ2v) is 4.27. The van der Waals surface area contributed by atoms with E-state index in [1.54, 1.807) is 28.7 Å². The van der Waals surface area contributed by atoms with E-state index >= 15 is 0 Å². The van der Waals surface area contributed by atoms with Gasteiger partial charge in [0.05, 0.1) is 10.5 Å². The van der Waals surface area contributed by atoms with Crippen molar-refractivity contribution < 1.29 is 14.8 Å². The Hall–Kier alpha value is -1.02. The molecule has 1 unspecified atom stereocenters. The van der Waals surface area contributed by atoms with Crippen LogP contribution in [0.3, 0.4) is 0 Å². The molecule has 0 saturated carbocycles. The van der Waals surface area contributed by atoms with Gasteiger partial charge in [0.1, 0.15) is 4.11 Å². The van der Waals surface area contributed by atoms with E-state index in [2.05, 4.69) is 0 Å². The van der Waals surface area contributed by atoms with Gasteiger partial charge in [-0.25, -0.2) is 0 Å². The smallest absolute Gasteiger partial charge is 0.280 e. The van der Waals surface area contributed by atoms with E-state index in [1.807, 2.05) is 0 Å². The molecule has 0 heterocycles. The summed E-state index contributed by atoms with van der Waals surface area (Å²) in [6.07, 6.45) is -0.120. The lowest BCUT2D eigenvalue weighted by molar-refractivity contribution is -0.385.